The van der Waals surface area contributed by atoms with E-state index < -0.39 is 0 Å². The Bertz CT molecular complexity index is 614. The van der Waals surface area contributed by atoms with E-state index in [1.54, 1.807) is 6.07 Å². The lowest BCUT2D eigenvalue weighted by Crippen LogP contribution is -2.86. The van der Waals surface area contributed by atoms with Crippen LogP contribution in [0.3, 0.4) is 0 Å². The first-order valence-corrected chi connectivity index (χ1v) is 7.51. The van der Waals surface area contributed by atoms with Gasteiger partial charge in [-0.15, -0.1) is 0 Å². The lowest BCUT2D eigenvalue weighted by molar-refractivity contribution is -0.682. The molecule has 0 bridgehead atoms. The summed E-state index contributed by atoms with van der Waals surface area (Å²) in [6, 6.07) is 12.1. The van der Waals surface area contributed by atoms with Gasteiger partial charge in [-0.2, -0.15) is 0 Å². The molecule has 1 aromatic carbocycles. The van der Waals surface area contributed by atoms with Crippen LogP contribution in [0, 0.1) is 0 Å². The zero-order chi connectivity index (χ0) is 16.2. The summed E-state index contributed by atoms with van der Waals surface area (Å²) in [6.07, 6.45) is 0. The van der Waals surface area contributed by atoms with E-state index in [0.717, 1.165) is 5.69 Å². The van der Waals surface area contributed by atoms with Crippen molar-refractivity contribution >= 4 is 11.8 Å². The van der Waals surface area contributed by atoms with E-state index in [4.69, 9.17) is 4.52 Å². The molecule has 3 N–H and O–H groups in total. The number of benzene rings is 1. The first-order chi connectivity index (χ1) is 10.4. The fourth-order valence-corrected chi connectivity index (χ4v) is 2.05. The molecule has 1 aromatic heterocycles. The first-order valence-electron chi connectivity index (χ1n) is 7.51. The average Bonchev–Trinajstić information content (AvgIpc) is 2.94. The van der Waals surface area contributed by atoms with E-state index in [9.17, 15) is 4.79 Å². The second kappa shape index (κ2) is 6.75. The van der Waals surface area contributed by atoms with Gasteiger partial charge in [0.25, 0.3) is 5.91 Å². The van der Waals surface area contributed by atoms with Crippen molar-refractivity contribution in [2.75, 3.05) is 11.9 Å². The molecule has 1 heterocycles. The Balaban J connectivity index is 1.84. The number of nitrogens with two attached hydrogens (primary N) is 1. The van der Waals surface area contributed by atoms with E-state index in [-0.39, 0.29) is 17.4 Å². The minimum atomic E-state index is -0.0978. The number of hydrogen-bond acceptors (Lipinski definition) is 3. The van der Waals surface area contributed by atoms with Crippen molar-refractivity contribution in [2.24, 2.45) is 0 Å². The topological polar surface area (TPSA) is 71.7 Å². The van der Waals surface area contributed by atoms with Gasteiger partial charge in [0.05, 0.1) is 5.69 Å². The molecule has 0 saturated heterocycles. The van der Waals surface area contributed by atoms with Crippen LogP contribution in [0.4, 0.5) is 5.88 Å². The number of anilines is 1. The summed E-state index contributed by atoms with van der Waals surface area (Å²) in [5.41, 5.74) is 1.93. The van der Waals surface area contributed by atoms with E-state index in [2.05, 4.69) is 29.5 Å². The van der Waals surface area contributed by atoms with Crippen LogP contribution in [-0.2, 0) is 10.2 Å². The molecule has 0 unspecified atom stereocenters. The van der Waals surface area contributed by atoms with E-state index in [1.807, 2.05) is 44.3 Å². The number of amides is 1. The van der Waals surface area contributed by atoms with E-state index >= 15 is 0 Å². The van der Waals surface area contributed by atoms with Crippen molar-refractivity contribution < 1.29 is 14.6 Å². The van der Waals surface area contributed by atoms with Gasteiger partial charge in [0.1, 0.15) is 6.04 Å². The molecular weight excluding hydrogens is 278 g/mol. The van der Waals surface area contributed by atoms with Crippen molar-refractivity contribution in [3.8, 4) is 0 Å². The molecule has 0 saturated carbocycles. The monoisotopic (exact) mass is 302 g/mol. The number of hydrogen-bond donors (Lipinski definition) is 2. The highest BCUT2D eigenvalue weighted by molar-refractivity contribution is 5.90. The summed E-state index contributed by atoms with van der Waals surface area (Å²) >= 11 is 0. The van der Waals surface area contributed by atoms with E-state index in [1.165, 1.54) is 5.56 Å². The second-order valence-corrected chi connectivity index (χ2v) is 6.51. The first kappa shape index (κ1) is 16.2. The maximum Gasteiger partial charge on any atom is 0.281 e. The molecule has 22 heavy (non-hydrogen) atoms. The van der Waals surface area contributed by atoms with Gasteiger partial charge in [0.2, 0.25) is 5.88 Å². The zero-order valence-corrected chi connectivity index (χ0v) is 13.6. The van der Waals surface area contributed by atoms with Crippen LogP contribution < -0.4 is 10.6 Å². The molecule has 5 nitrogen and oxygen atoms in total. The maximum absolute atomic E-state index is 12.0. The number of nitrogens with one attached hydrogen (secondary N) is 1. The summed E-state index contributed by atoms with van der Waals surface area (Å²) in [5.74, 6) is 0.301. The molecule has 0 radical (unpaired) electrons. The van der Waals surface area contributed by atoms with Gasteiger partial charge in [-0.25, -0.2) is 0 Å². The van der Waals surface area contributed by atoms with Gasteiger partial charge >= 0.3 is 0 Å². The fraction of sp³-hybridized carbons (Fsp3) is 0.412. The third-order valence-electron chi connectivity index (χ3n) is 3.52. The fourth-order valence-electron chi connectivity index (χ4n) is 2.05. The van der Waals surface area contributed by atoms with Gasteiger partial charge < -0.3 is 9.84 Å². The van der Waals surface area contributed by atoms with Crippen molar-refractivity contribution in [1.82, 2.24) is 5.16 Å². The van der Waals surface area contributed by atoms with Crippen LogP contribution in [0.15, 0.2) is 40.9 Å². The number of aromatic nitrogens is 1. The SMILES string of the molecule is C[C@@H]([NH2+]CC(=O)Nc1cc(C(C)(C)C)no1)c1ccccc1. The molecule has 5 heteroatoms. The highest BCUT2D eigenvalue weighted by atomic mass is 16.5. The Hall–Kier alpha value is -2.14. The van der Waals surface area contributed by atoms with Crippen LogP contribution in [0.5, 0.6) is 0 Å². The van der Waals surface area contributed by atoms with Crippen molar-refractivity contribution in [3.63, 3.8) is 0 Å². The Kier molecular flexibility index (Phi) is 4.98. The van der Waals surface area contributed by atoms with Gasteiger partial charge in [0.15, 0.2) is 6.54 Å². The minimum absolute atomic E-state index is 0.0968. The Morgan fingerprint density at radius 1 is 1.32 bits per heavy atom. The Morgan fingerprint density at radius 3 is 2.59 bits per heavy atom. The standard InChI is InChI=1S/C17H23N3O2/c1-12(13-8-6-5-7-9-13)18-11-15(21)19-16-10-14(20-22-16)17(2,3)4/h5-10,12,18H,11H2,1-4H3,(H,19,21)/p+1/t12-/m1/s1. The van der Waals surface area contributed by atoms with Crippen molar-refractivity contribution in [1.29, 1.82) is 0 Å². The smallest absolute Gasteiger partial charge is 0.281 e. The molecule has 0 aliphatic rings. The summed E-state index contributed by atoms with van der Waals surface area (Å²) in [4.78, 5) is 12.0. The largest absolute Gasteiger partial charge is 0.338 e. The molecule has 2 aromatic rings. The van der Waals surface area contributed by atoms with Gasteiger partial charge in [-0.3, -0.25) is 10.1 Å². The Labute approximate surface area is 131 Å². The quantitative estimate of drug-likeness (QED) is 0.889. The summed E-state index contributed by atoms with van der Waals surface area (Å²) in [5, 5.41) is 8.72. The van der Waals surface area contributed by atoms with Crippen LogP contribution in [0.1, 0.15) is 45.0 Å². The summed E-state index contributed by atoms with van der Waals surface area (Å²) in [7, 11) is 0. The lowest BCUT2D eigenvalue weighted by Gasteiger charge is -2.12. The van der Waals surface area contributed by atoms with E-state index in [0.29, 0.717) is 12.4 Å². The lowest BCUT2D eigenvalue weighted by atomic mass is 9.92. The third-order valence-corrected chi connectivity index (χ3v) is 3.52. The molecule has 0 aliphatic heterocycles. The molecule has 0 spiro atoms. The molecule has 2 rings (SSSR count). The molecule has 1 atom stereocenters. The summed E-state index contributed by atoms with van der Waals surface area (Å²) < 4.78 is 5.16. The molecule has 0 fully saturated rings. The van der Waals surface area contributed by atoms with Gasteiger partial charge in [-0.1, -0.05) is 56.3 Å². The summed E-state index contributed by atoms with van der Waals surface area (Å²) in [6.45, 7) is 8.56. The number of carbonyl (C=O) groups excluding carboxylic acids is 1. The number of quaternary nitrogens is 1. The highest BCUT2D eigenvalue weighted by Gasteiger charge is 2.20. The minimum Gasteiger partial charge on any atom is -0.338 e. The zero-order valence-electron chi connectivity index (χ0n) is 13.6. The van der Waals surface area contributed by atoms with Crippen LogP contribution in [0.25, 0.3) is 0 Å². The third kappa shape index (κ3) is 4.43. The van der Waals surface area contributed by atoms with Crippen LogP contribution in [-0.4, -0.2) is 17.6 Å². The van der Waals surface area contributed by atoms with Crippen molar-refractivity contribution in [3.05, 3.63) is 47.7 Å². The molecule has 1 amide bonds. The Morgan fingerprint density at radius 2 is 2.00 bits per heavy atom. The van der Waals surface area contributed by atoms with Gasteiger partial charge in [-0.05, 0) is 6.92 Å². The number of carbonyl (C=O) groups is 1. The predicted octanol–water partition coefficient (Wildman–Crippen LogP) is 2.24. The highest BCUT2D eigenvalue weighted by Crippen LogP contribution is 2.23. The van der Waals surface area contributed by atoms with Gasteiger partial charge in [0, 0.05) is 17.0 Å². The van der Waals surface area contributed by atoms with Crippen molar-refractivity contribution in [2.45, 2.75) is 39.2 Å². The maximum atomic E-state index is 12.0. The molecule has 118 valence electrons. The van der Waals surface area contributed by atoms with Crippen LogP contribution in [0.2, 0.25) is 0 Å². The number of rotatable bonds is 5. The molecule has 0 aliphatic carbocycles. The number of nitrogens with zero attached hydrogens (tertiary/aromatic N) is 1. The van der Waals surface area contributed by atoms with Crippen LogP contribution >= 0.6 is 0 Å². The second-order valence-electron chi connectivity index (χ2n) is 6.51. The molecular formula is C17H24N3O2+. The normalized spacial score (nSPS) is 12.9. The average molecular weight is 302 g/mol. The predicted molar refractivity (Wildman–Crippen MR) is 85.5 cm³/mol.